The van der Waals surface area contributed by atoms with E-state index in [1.165, 1.54) is 0 Å². The van der Waals surface area contributed by atoms with Crippen LogP contribution in [0.2, 0.25) is 0 Å². The van der Waals surface area contributed by atoms with Crippen molar-refractivity contribution >= 4 is 5.91 Å². The number of amides is 1. The Morgan fingerprint density at radius 2 is 1.76 bits per heavy atom. The number of nitrogens with zero attached hydrogens (tertiary/aromatic N) is 4. The fourth-order valence-electron chi connectivity index (χ4n) is 4.37. The lowest BCUT2D eigenvalue weighted by Crippen LogP contribution is -2.51. The van der Waals surface area contributed by atoms with Crippen molar-refractivity contribution in [2.24, 2.45) is 5.41 Å². The summed E-state index contributed by atoms with van der Waals surface area (Å²) in [6.45, 7) is 9.65. The van der Waals surface area contributed by atoms with Gasteiger partial charge >= 0.3 is 5.91 Å². The maximum absolute atomic E-state index is 12.9. The van der Waals surface area contributed by atoms with E-state index in [-0.39, 0.29) is 17.2 Å². The second-order valence-electron chi connectivity index (χ2n) is 8.98. The normalized spacial score (nSPS) is 20.7. The third-order valence-electron chi connectivity index (χ3n) is 6.42. The van der Waals surface area contributed by atoms with Gasteiger partial charge in [0.25, 0.3) is 5.89 Å². The molecule has 2 aromatic rings. The van der Waals surface area contributed by atoms with Gasteiger partial charge in [-0.15, -0.1) is 0 Å². The molecular weight excluding hydrogens is 364 g/mol. The minimum Gasteiger partial charge on any atom is -0.437 e. The number of hydrogen-bond donors (Lipinski definition) is 0. The maximum Gasteiger partial charge on any atom is 0.309 e. The Hall–Kier alpha value is -2.18. The summed E-state index contributed by atoms with van der Waals surface area (Å²) >= 11 is 0. The van der Waals surface area contributed by atoms with Crippen LogP contribution >= 0.6 is 0 Å². The molecule has 1 amide bonds. The first-order valence-electron chi connectivity index (χ1n) is 10.7. The lowest BCUT2D eigenvalue weighted by molar-refractivity contribution is 0.0407. The number of benzene rings is 1. The van der Waals surface area contributed by atoms with Crippen molar-refractivity contribution in [1.29, 1.82) is 0 Å². The van der Waals surface area contributed by atoms with E-state index in [4.69, 9.17) is 4.42 Å². The van der Waals surface area contributed by atoms with Crippen molar-refractivity contribution in [3.63, 3.8) is 0 Å². The largest absolute Gasteiger partial charge is 0.437 e. The molecule has 156 valence electrons. The van der Waals surface area contributed by atoms with Gasteiger partial charge < -0.3 is 19.1 Å². The summed E-state index contributed by atoms with van der Waals surface area (Å²) in [6.07, 6.45) is 4.40. The van der Waals surface area contributed by atoms with Crippen LogP contribution in [0, 0.1) is 5.41 Å². The molecule has 0 N–H and O–H groups in total. The number of oxazole rings is 1. The van der Waals surface area contributed by atoms with Gasteiger partial charge in [-0.2, -0.15) is 0 Å². The van der Waals surface area contributed by atoms with Crippen LogP contribution in [0.5, 0.6) is 0 Å². The van der Waals surface area contributed by atoms with Crippen molar-refractivity contribution in [3.05, 3.63) is 53.7 Å². The molecule has 2 aliphatic heterocycles. The average Bonchev–Trinajstić information content (AvgIpc) is 3.19. The number of aromatic nitrogens is 1. The van der Waals surface area contributed by atoms with Gasteiger partial charge in [-0.25, -0.2) is 4.98 Å². The predicted octanol–water partition coefficient (Wildman–Crippen LogP) is 2.76. The molecule has 0 spiro atoms. The van der Waals surface area contributed by atoms with E-state index in [9.17, 15) is 4.79 Å². The predicted molar refractivity (Wildman–Crippen MR) is 113 cm³/mol. The Morgan fingerprint density at radius 3 is 2.45 bits per heavy atom. The minimum atomic E-state index is -0.0778. The second-order valence-corrected chi connectivity index (χ2v) is 8.98. The third-order valence-corrected chi connectivity index (χ3v) is 6.42. The number of carbonyl (C=O) groups is 1. The molecule has 2 aliphatic rings. The summed E-state index contributed by atoms with van der Waals surface area (Å²) in [7, 11) is 2.19. The lowest BCUT2D eigenvalue weighted by Gasteiger charge is -2.43. The quantitative estimate of drug-likeness (QED) is 0.778. The van der Waals surface area contributed by atoms with Gasteiger partial charge in [0.2, 0.25) is 0 Å². The van der Waals surface area contributed by atoms with Gasteiger partial charge in [0.1, 0.15) is 5.76 Å². The molecule has 1 aromatic heterocycles. The zero-order chi connectivity index (χ0) is 20.3. The van der Waals surface area contributed by atoms with E-state index in [2.05, 4.69) is 40.9 Å². The summed E-state index contributed by atoms with van der Waals surface area (Å²) in [6, 6.07) is 10.1. The molecule has 0 atom stereocenters. The molecule has 0 unspecified atom stereocenters. The molecule has 0 aliphatic carbocycles. The molecule has 1 aromatic carbocycles. The van der Waals surface area contributed by atoms with E-state index < -0.39 is 0 Å². The van der Waals surface area contributed by atoms with Crippen LogP contribution in [-0.4, -0.2) is 78.5 Å². The number of carbonyl (C=O) groups excluding carboxylic acids is 1. The molecule has 0 radical (unpaired) electrons. The van der Waals surface area contributed by atoms with Crippen molar-refractivity contribution in [1.82, 2.24) is 19.7 Å². The highest BCUT2D eigenvalue weighted by Gasteiger charge is 2.35. The molecule has 0 bridgehead atoms. The highest BCUT2D eigenvalue weighted by atomic mass is 16.4. The second kappa shape index (κ2) is 8.67. The van der Waals surface area contributed by atoms with Gasteiger partial charge in [-0.1, -0.05) is 37.3 Å². The number of likely N-dealkylation sites (tertiary alicyclic amines) is 1. The van der Waals surface area contributed by atoms with E-state index in [1.807, 2.05) is 23.1 Å². The Morgan fingerprint density at radius 1 is 1.07 bits per heavy atom. The summed E-state index contributed by atoms with van der Waals surface area (Å²) in [4.78, 5) is 24.0. The average molecular weight is 397 g/mol. The summed E-state index contributed by atoms with van der Waals surface area (Å²) < 4.78 is 5.77. The van der Waals surface area contributed by atoms with Crippen LogP contribution in [-0.2, 0) is 6.42 Å². The van der Waals surface area contributed by atoms with E-state index in [0.29, 0.717) is 6.42 Å². The summed E-state index contributed by atoms with van der Waals surface area (Å²) in [5, 5.41) is 0. The Balaban J connectivity index is 1.30. The van der Waals surface area contributed by atoms with Crippen molar-refractivity contribution in [2.45, 2.75) is 26.2 Å². The van der Waals surface area contributed by atoms with Crippen LogP contribution in [0.3, 0.4) is 0 Å². The van der Waals surface area contributed by atoms with Crippen molar-refractivity contribution in [3.8, 4) is 0 Å². The maximum atomic E-state index is 12.9. The summed E-state index contributed by atoms with van der Waals surface area (Å²) in [5.41, 5.74) is 1.43. The SMILES string of the molecule is CN1CCN(CC2(C)CCN(C(=O)c3ncc(Cc4ccccc4)o3)CC2)CC1. The zero-order valence-electron chi connectivity index (χ0n) is 17.6. The van der Waals surface area contributed by atoms with Gasteiger partial charge in [0.05, 0.1) is 6.20 Å². The van der Waals surface area contributed by atoms with Gasteiger partial charge in [0.15, 0.2) is 0 Å². The van der Waals surface area contributed by atoms with Crippen LogP contribution < -0.4 is 0 Å². The number of hydrogen-bond acceptors (Lipinski definition) is 5. The van der Waals surface area contributed by atoms with E-state index in [1.54, 1.807) is 6.20 Å². The topological polar surface area (TPSA) is 52.8 Å². The molecular formula is C23H32N4O2. The van der Waals surface area contributed by atoms with Gasteiger partial charge in [-0.3, -0.25) is 4.79 Å². The molecule has 29 heavy (non-hydrogen) atoms. The highest BCUT2D eigenvalue weighted by Crippen LogP contribution is 2.32. The molecule has 0 saturated carbocycles. The fraction of sp³-hybridized carbons (Fsp3) is 0.565. The van der Waals surface area contributed by atoms with E-state index >= 15 is 0 Å². The monoisotopic (exact) mass is 396 g/mol. The molecule has 3 heterocycles. The number of piperazine rings is 1. The van der Waals surface area contributed by atoms with Gasteiger partial charge in [0, 0.05) is 52.2 Å². The molecule has 6 heteroatoms. The Labute approximate surface area is 173 Å². The molecule has 6 nitrogen and oxygen atoms in total. The first-order valence-corrected chi connectivity index (χ1v) is 10.7. The molecule has 4 rings (SSSR count). The summed E-state index contributed by atoms with van der Waals surface area (Å²) in [5.74, 6) is 0.876. The standard InChI is InChI=1S/C23H32N4O2/c1-23(18-26-14-12-25(2)13-15-26)8-10-27(11-9-23)22(28)21-24-17-20(29-21)16-19-6-4-3-5-7-19/h3-7,17H,8-16,18H2,1-2H3. The highest BCUT2D eigenvalue weighted by molar-refractivity contribution is 5.89. The Bertz CT molecular complexity index is 803. The third kappa shape index (κ3) is 5.06. The van der Waals surface area contributed by atoms with Crippen LogP contribution in [0.1, 0.15) is 41.8 Å². The molecule has 2 saturated heterocycles. The van der Waals surface area contributed by atoms with Crippen molar-refractivity contribution in [2.75, 3.05) is 52.9 Å². The van der Waals surface area contributed by atoms with Crippen molar-refractivity contribution < 1.29 is 9.21 Å². The minimum absolute atomic E-state index is 0.0778. The van der Waals surface area contributed by atoms with E-state index in [0.717, 1.165) is 70.0 Å². The Kier molecular flexibility index (Phi) is 6.01. The van der Waals surface area contributed by atoms with Crippen LogP contribution in [0.25, 0.3) is 0 Å². The first-order chi connectivity index (χ1) is 14.0. The smallest absolute Gasteiger partial charge is 0.309 e. The zero-order valence-corrected chi connectivity index (χ0v) is 17.6. The number of likely N-dealkylation sites (N-methyl/N-ethyl adjacent to an activating group) is 1. The van der Waals surface area contributed by atoms with Gasteiger partial charge in [-0.05, 0) is 30.9 Å². The fourth-order valence-corrected chi connectivity index (χ4v) is 4.37. The first kappa shape index (κ1) is 20.1. The van der Waals surface area contributed by atoms with Crippen LogP contribution in [0.15, 0.2) is 40.9 Å². The lowest BCUT2D eigenvalue weighted by atomic mass is 9.79. The van der Waals surface area contributed by atoms with Crippen LogP contribution in [0.4, 0.5) is 0 Å². The number of piperidine rings is 1. The molecule has 2 fully saturated rings. The number of rotatable bonds is 5.